The van der Waals surface area contributed by atoms with Crippen LogP contribution in [0.1, 0.15) is 11.5 Å². The molecule has 0 bridgehead atoms. The van der Waals surface area contributed by atoms with Gasteiger partial charge >= 0.3 is 5.97 Å². The van der Waals surface area contributed by atoms with Gasteiger partial charge in [0.25, 0.3) is 0 Å². The molecular formula is C11H12O2S. The minimum Gasteiger partial charge on any atom is -0.481 e. The van der Waals surface area contributed by atoms with Crippen molar-refractivity contribution in [2.45, 2.75) is 5.92 Å². The lowest BCUT2D eigenvalue weighted by atomic mass is 9.89. The van der Waals surface area contributed by atoms with E-state index in [0.29, 0.717) is 0 Å². The van der Waals surface area contributed by atoms with Gasteiger partial charge in [0, 0.05) is 17.4 Å². The maximum absolute atomic E-state index is 11.0. The smallest absolute Gasteiger partial charge is 0.307 e. The van der Waals surface area contributed by atoms with Crippen LogP contribution >= 0.6 is 11.8 Å². The molecule has 1 heterocycles. The largest absolute Gasteiger partial charge is 0.481 e. The van der Waals surface area contributed by atoms with Gasteiger partial charge in [-0.25, -0.2) is 0 Å². The van der Waals surface area contributed by atoms with E-state index in [1.165, 1.54) is 0 Å². The van der Waals surface area contributed by atoms with E-state index < -0.39 is 5.97 Å². The van der Waals surface area contributed by atoms with Gasteiger partial charge in [0.15, 0.2) is 0 Å². The van der Waals surface area contributed by atoms with Crippen molar-refractivity contribution in [1.82, 2.24) is 0 Å². The molecule has 1 fully saturated rings. The lowest BCUT2D eigenvalue weighted by Gasteiger charge is -2.14. The second-order valence-corrected chi connectivity index (χ2v) is 4.57. The van der Waals surface area contributed by atoms with Gasteiger partial charge < -0.3 is 5.11 Å². The number of carbonyl (C=O) groups is 1. The fourth-order valence-corrected chi connectivity index (χ4v) is 3.27. The monoisotopic (exact) mass is 208 g/mol. The van der Waals surface area contributed by atoms with Crippen LogP contribution in [0, 0.1) is 5.92 Å². The zero-order valence-electron chi connectivity index (χ0n) is 7.72. The summed E-state index contributed by atoms with van der Waals surface area (Å²) >= 11 is 1.73. The lowest BCUT2D eigenvalue weighted by Crippen LogP contribution is -2.20. The number of hydrogen-bond acceptors (Lipinski definition) is 2. The Morgan fingerprint density at radius 1 is 1.29 bits per heavy atom. The number of carboxylic acid groups (broad SMARTS) is 1. The number of benzene rings is 1. The van der Waals surface area contributed by atoms with Crippen molar-refractivity contribution in [2.24, 2.45) is 5.92 Å². The van der Waals surface area contributed by atoms with Crippen molar-refractivity contribution in [3.8, 4) is 0 Å². The van der Waals surface area contributed by atoms with Crippen LogP contribution in [0.25, 0.3) is 0 Å². The second-order valence-electron chi connectivity index (χ2n) is 3.50. The number of hydrogen-bond donors (Lipinski definition) is 1. The van der Waals surface area contributed by atoms with E-state index in [0.717, 1.165) is 17.1 Å². The Labute approximate surface area is 87.3 Å². The van der Waals surface area contributed by atoms with Crippen molar-refractivity contribution in [3.63, 3.8) is 0 Å². The van der Waals surface area contributed by atoms with Crippen LogP contribution in [0.5, 0.6) is 0 Å². The molecule has 1 saturated heterocycles. The maximum atomic E-state index is 11.0. The van der Waals surface area contributed by atoms with Crippen molar-refractivity contribution in [2.75, 3.05) is 11.5 Å². The second kappa shape index (κ2) is 4.05. The molecule has 2 atom stereocenters. The molecule has 3 heteroatoms. The summed E-state index contributed by atoms with van der Waals surface area (Å²) in [6.45, 7) is 0. The Bertz CT molecular complexity index is 323. The van der Waals surface area contributed by atoms with Crippen LogP contribution in [0.15, 0.2) is 30.3 Å². The average Bonchev–Trinajstić information content (AvgIpc) is 2.67. The molecule has 0 unspecified atom stereocenters. The fraction of sp³-hybridized carbons (Fsp3) is 0.364. The SMILES string of the molecule is O=C(O)[C@@H]1CSC[C@H]1c1ccccc1. The Morgan fingerprint density at radius 3 is 2.64 bits per heavy atom. The zero-order valence-corrected chi connectivity index (χ0v) is 8.54. The highest BCUT2D eigenvalue weighted by molar-refractivity contribution is 7.99. The van der Waals surface area contributed by atoms with Gasteiger partial charge in [-0.1, -0.05) is 30.3 Å². The van der Waals surface area contributed by atoms with Crippen molar-refractivity contribution >= 4 is 17.7 Å². The van der Waals surface area contributed by atoms with Crippen LogP contribution in [-0.4, -0.2) is 22.6 Å². The normalized spacial score (nSPS) is 26.3. The van der Waals surface area contributed by atoms with Crippen molar-refractivity contribution < 1.29 is 9.90 Å². The number of rotatable bonds is 2. The molecule has 2 nitrogen and oxygen atoms in total. The van der Waals surface area contributed by atoms with Gasteiger partial charge in [-0.05, 0) is 5.56 Å². The third-order valence-electron chi connectivity index (χ3n) is 2.63. The van der Waals surface area contributed by atoms with Gasteiger partial charge in [-0.15, -0.1) is 0 Å². The molecule has 14 heavy (non-hydrogen) atoms. The average molecular weight is 208 g/mol. The molecule has 2 rings (SSSR count). The molecular weight excluding hydrogens is 196 g/mol. The first-order valence-corrected chi connectivity index (χ1v) is 5.80. The molecule has 0 radical (unpaired) electrons. The molecule has 1 aromatic rings. The van der Waals surface area contributed by atoms with Crippen LogP contribution in [0.2, 0.25) is 0 Å². The first kappa shape index (κ1) is 9.59. The summed E-state index contributed by atoms with van der Waals surface area (Å²) in [6, 6.07) is 9.94. The molecule has 0 aromatic heterocycles. The summed E-state index contributed by atoms with van der Waals surface area (Å²) in [5.41, 5.74) is 1.16. The van der Waals surface area contributed by atoms with Gasteiger partial charge in [0.05, 0.1) is 5.92 Å². The summed E-state index contributed by atoms with van der Waals surface area (Å²) in [5.74, 6) is 1.00. The molecule has 1 aromatic carbocycles. The Morgan fingerprint density at radius 2 is 2.00 bits per heavy atom. The van der Waals surface area contributed by atoms with E-state index in [4.69, 9.17) is 5.11 Å². The number of carboxylic acids is 1. The zero-order chi connectivity index (χ0) is 9.97. The lowest BCUT2D eigenvalue weighted by molar-refractivity contribution is -0.141. The molecule has 74 valence electrons. The highest BCUT2D eigenvalue weighted by Crippen LogP contribution is 2.37. The standard InChI is InChI=1S/C11H12O2S/c12-11(13)10-7-14-6-9(10)8-4-2-1-3-5-8/h1-5,9-10H,6-7H2,(H,12,13)/t9-,10+/m0/s1. The first-order valence-electron chi connectivity index (χ1n) is 4.64. The summed E-state index contributed by atoms with van der Waals surface area (Å²) in [7, 11) is 0. The highest BCUT2D eigenvalue weighted by Gasteiger charge is 2.34. The Balaban J connectivity index is 2.22. The predicted octanol–water partition coefficient (Wildman–Crippen LogP) is 2.22. The summed E-state index contributed by atoms with van der Waals surface area (Å²) in [4.78, 5) is 11.0. The Kier molecular flexibility index (Phi) is 2.77. The van der Waals surface area contributed by atoms with E-state index in [2.05, 4.69) is 0 Å². The van der Waals surface area contributed by atoms with E-state index in [-0.39, 0.29) is 11.8 Å². The predicted molar refractivity (Wildman–Crippen MR) is 57.6 cm³/mol. The molecule has 0 saturated carbocycles. The topological polar surface area (TPSA) is 37.3 Å². The maximum Gasteiger partial charge on any atom is 0.307 e. The fourth-order valence-electron chi connectivity index (χ4n) is 1.83. The Hall–Kier alpha value is -0.960. The summed E-state index contributed by atoms with van der Waals surface area (Å²) < 4.78 is 0. The van der Waals surface area contributed by atoms with Gasteiger partial charge in [-0.3, -0.25) is 4.79 Å². The third kappa shape index (κ3) is 1.77. The minimum atomic E-state index is -0.663. The quantitative estimate of drug-likeness (QED) is 0.809. The van der Waals surface area contributed by atoms with E-state index in [1.54, 1.807) is 11.8 Å². The van der Waals surface area contributed by atoms with E-state index >= 15 is 0 Å². The van der Waals surface area contributed by atoms with Crippen molar-refractivity contribution in [1.29, 1.82) is 0 Å². The molecule has 1 aliphatic heterocycles. The highest BCUT2D eigenvalue weighted by atomic mass is 32.2. The van der Waals surface area contributed by atoms with E-state index in [9.17, 15) is 4.79 Å². The van der Waals surface area contributed by atoms with Crippen LogP contribution in [-0.2, 0) is 4.79 Å². The third-order valence-corrected chi connectivity index (χ3v) is 3.82. The van der Waals surface area contributed by atoms with E-state index in [1.807, 2.05) is 30.3 Å². The molecule has 0 spiro atoms. The summed E-state index contributed by atoms with van der Waals surface area (Å²) in [5, 5.41) is 9.03. The molecule has 1 aliphatic rings. The van der Waals surface area contributed by atoms with Gasteiger partial charge in [0.1, 0.15) is 0 Å². The van der Waals surface area contributed by atoms with Crippen LogP contribution in [0.3, 0.4) is 0 Å². The minimum absolute atomic E-state index is 0.193. The van der Waals surface area contributed by atoms with Gasteiger partial charge in [0.2, 0.25) is 0 Å². The van der Waals surface area contributed by atoms with Gasteiger partial charge in [-0.2, -0.15) is 11.8 Å². The first-order chi connectivity index (χ1) is 6.79. The number of aliphatic carboxylic acids is 1. The molecule has 0 amide bonds. The summed E-state index contributed by atoms with van der Waals surface area (Å²) in [6.07, 6.45) is 0. The van der Waals surface area contributed by atoms with Crippen molar-refractivity contribution in [3.05, 3.63) is 35.9 Å². The van der Waals surface area contributed by atoms with Crippen LogP contribution < -0.4 is 0 Å². The van der Waals surface area contributed by atoms with Crippen LogP contribution in [0.4, 0.5) is 0 Å². The molecule has 0 aliphatic carbocycles. The number of thioether (sulfide) groups is 1. The molecule has 1 N–H and O–H groups in total.